The number of carbonyl (C=O) groups is 1. The van der Waals surface area contributed by atoms with Gasteiger partial charge in [-0.2, -0.15) is 0 Å². The molecule has 0 fully saturated rings. The molecule has 4 aromatic rings. The molecule has 1 aromatic heterocycles. The topological polar surface area (TPSA) is 136 Å². The van der Waals surface area contributed by atoms with Gasteiger partial charge in [-0.05, 0) is 54.6 Å². The van der Waals surface area contributed by atoms with Gasteiger partial charge in [0.1, 0.15) is 33.1 Å². The second-order valence-corrected chi connectivity index (χ2v) is 13.1. The Kier molecular flexibility index (Phi) is 8.35. The lowest BCUT2D eigenvalue weighted by molar-refractivity contribution is -0.136. The van der Waals surface area contributed by atoms with Crippen molar-refractivity contribution in [3.8, 4) is 11.5 Å². The minimum atomic E-state index is -4.01. The van der Waals surface area contributed by atoms with E-state index in [4.69, 9.17) is 14.6 Å². The highest BCUT2D eigenvalue weighted by Crippen LogP contribution is 2.31. The van der Waals surface area contributed by atoms with Crippen molar-refractivity contribution in [2.45, 2.75) is 19.7 Å². The van der Waals surface area contributed by atoms with Crippen LogP contribution in [0.5, 0.6) is 11.5 Å². The first-order chi connectivity index (χ1) is 18.1. The molecule has 4 rings (SSSR count). The van der Waals surface area contributed by atoms with Crippen LogP contribution in [0.15, 0.2) is 104 Å². The van der Waals surface area contributed by atoms with E-state index in [-0.39, 0.29) is 38.6 Å². The monoisotopic (exact) mass is 573 g/mol. The molecule has 0 atom stereocenters. The van der Waals surface area contributed by atoms with Crippen molar-refractivity contribution in [1.29, 1.82) is 0 Å². The standard InChI is InChI=1S/C26H23NO8S3/c28-24(29)18-19-6-4-5-9-23(19)35-17-16-34-21-12-10-20(11-13-21)27-38(32,33)26-15-14-25(36-26)37(30,31)22-7-2-1-3-8-22/h1-15,27H,16-18H2,(H,28,29). The summed E-state index contributed by atoms with van der Waals surface area (Å²) < 4.78 is 64.7. The van der Waals surface area contributed by atoms with Gasteiger partial charge in [-0.25, -0.2) is 16.8 Å². The molecule has 12 heteroatoms. The molecule has 0 unspecified atom stereocenters. The van der Waals surface area contributed by atoms with Crippen LogP contribution in [0.4, 0.5) is 5.69 Å². The average molecular weight is 574 g/mol. The van der Waals surface area contributed by atoms with E-state index in [0.717, 1.165) is 0 Å². The van der Waals surface area contributed by atoms with Crippen LogP contribution < -0.4 is 14.2 Å². The van der Waals surface area contributed by atoms with Crippen molar-refractivity contribution in [3.05, 3.63) is 96.6 Å². The zero-order chi connectivity index (χ0) is 27.2. The molecule has 0 spiro atoms. The zero-order valence-corrected chi connectivity index (χ0v) is 22.3. The predicted molar refractivity (Wildman–Crippen MR) is 142 cm³/mol. The fraction of sp³-hybridized carbons (Fsp3) is 0.115. The van der Waals surface area contributed by atoms with Gasteiger partial charge in [0, 0.05) is 11.3 Å². The van der Waals surface area contributed by atoms with Crippen molar-refractivity contribution in [3.63, 3.8) is 0 Å². The van der Waals surface area contributed by atoms with Crippen molar-refractivity contribution in [2.24, 2.45) is 0 Å². The Hall–Kier alpha value is -3.87. The van der Waals surface area contributed by atoms with E-state index in [2.05, 4.69) is 4.72 Å². The van der Waals surface area contributed by atoms with E-state index >= 15 is 0 Å². The van der Waals surface area contributed by atoms with E-state index in [9.17, 15) is 21.6 Å². The molecule has 9 nitrogen and oxygen atoms in total. The van der Waals surface area contributed by atoms with E-state index in [1.54, 1.807) is 54.6 Å². The summed E-state index contributed by atoms with van der Waals surface area (Å²) in [6.45, 7) is 0.359. The highest BCUT2D eigenvalue weighted by atomic mass is 32.3. The molecule has 0 bridgehead atoms. The van der Waals surface area contributed by atoms with E-state index in [1.165, 1.54) is 36.4 Å². The average Bonchev–Trinajstić information content (AvgIpc) is 3.41. The van der Waals surface area contributed by atoms with Crippen molar-refractivity contribution in [2.75, 3.05) is 17.9 Å². The van der Waals surface area contributed by atoms with Crippen LogP contribution in [0.1, 0.15) is 5.56 Å². The summed E-state index contributed by atoms with van der Waals surface area (Å²) in [5.41, 5.74) is 0.837. The number of hydrogen-bond donors (Lipinski definition) is 2. The molecular formula is C26H23NO8S3. The molecule has 0 aliphatic carbocycles. The van der Waals surface area contributed by atoms with Crippen LogP contribution in [0, 0.1) is 0 Å². The number of carboxylic acid groups (broad SMARTS) is 1. The Morgan fingerprint density at radius 1 is 0.763 bits per heavy atom. The third kappa shape index (κ3) is 6.71. The fourth-order valence-electron chi connectivity index (χ4n) is 3.40. The van der Waals surface area contributed by atoms with Crippen LogP contribution in [0.25, 0.3) is 0 Å². The second kappa shape index (κ2) is 11.7. The molecule has 0 aliphatic rings. The lowest BCUT2D eigenvalue weighted by atomic mass is 10.1. The number of benzene rings is 3. The molecule has 3 aromatic carbocycles. The number of rotatable bonds is 12. The summed E-state index contributed by atoms with van der Waals surface area (Å²) >= 11 is 0.670. The maximum absolute atomic E-state index is 12.8. The minimum absolute atomic E-state index is 0.0689. The SMILES string of the molecule is O=C(O)Cc1ccccc1OCCOc1ccc(NS(=O)(=O)c2ccc(S(=O)(=O)c3ccccc3)s2)cc1. The van der Waals surface area contributed by atoms with E-state index in [0.29, 0.717) is 28.4 Å². The lowest BCUT2D eigenvalue weighted by Gasteiger charge is -2.12. The third-order valence-corrected chi connectivity index (χ3v) is 10.4. The number of aliphatic carboxylic acids is 1. The first kappa shape index (κ1) is 27.2. The van der Waals surface area contributed by atoms with Crippen LogP contribution in [-0.4, -0.2) is 41.1 Å². The number of para-hydroxylation sites is 1. The second-order valence-electron chi connectivity index (χ2n) is 7.89. The van der Waals surface area contributed by atoms with Crippen molar-refractivity contribution < 1.29 is 36.2 Å². The quantitative estimate of drug-likeness (QED) is 0.237. The highest BCUT2D eigenvalue weighted by Gasteiger charge is 2.24. The van der Waals surface area contributed by atoms with Gasteiger partial charge in [-0.3, -0.25) is 9.52 Å². The number of anilines is 1. The Morgan fingerprint density at radius 2 is 1.39 bits per heavy atom. The van der Waals surface area contributed by atoms with Crippen LogP contribution in [0.3, 0.4) is 0 Å². The Bertz CT molecular complexity index is 1610. The molecule has 0 saturated heterocycles. The summed E-state index contributed by atoms with van der Waals surface area (Å²) in [4.78, 5) is 11.1. The van der Waals surface area contributed by atoms with Crippen molar-refractivity contribution in [1.82, 2.24) is 0 Å². The predicted octanol–water partition coefficient (Wildman–Crippen LogP) is 4.47. The summed E-state index contributed by atoms with van der Waals surface area (Å²) in [5, 5.41) is 9.00. The Balaban J connectivity index is 1.33. The van der Waals surface area contributed by atoms with Gasteiger partial charge in [0.05, 0.1) is 11.3 Å². The smallest absolute Gasteiger partial charge is 0.307 e. The number of sulfonamides is 1. The number of hydrogen-bond acceptors (Lipinski definition) is 8. The number of sulfone groups is 1. The van der Waals surface area contributed by atoms with Gasteiger partial charge >= 0.3 is 5.97 Å². The first-order valence-corrected chi connectivity index (χ1v) is 15.0. The Labute approximate surface area is 224 Å². The molecule has 1 heterocycles. The van der Waals surface area contributed by atoms with Gasteiger partial charge in [0.2, 0.25) is 9.84 Å². The number of thiophene rings is 1. The largest absolute Gasteiger partial charge is 0.490 e. The molecular weight excluding hydrogens is 550 g/mol. The summed E-state index contributed by atoms with van der Waals surface area (Å²) in [7, 11) is -7.83. The molecule has 38 heavy (non-hydrogen) atoms. The van der Waals surface area contributed by atoms with Gasteiger partial charge in [-0.15, -0.1) is 11.3 Å². The third-order valence-electron chi connectivity index (χ3n) is 5.17. The van der Waals surface area contributed by atoms with Crippen LogP contribution in [0.2, 0.25) is 0 Å². The summed E-state index contributed by atoms with van der Waals surface area (Å²) in [6, 6.07) is 23.4. The number of carboxylic acids is 1. The van der Waals surface area contributed by atoms with Gasteiger partial charge in [0.25, 0.3) is 10.0 Å². The molecule has 0 saturated carbocycles. The lowest BCUT2D eigenvalue weighted by Crippen LogP contribution is -2.12. The van der Waals surface area contributed by atoms with Gasteiger partial charge < -0.3 is 14.6 Å². The molecule has 2 N–H and O–H groups in total. The Morgan fingerprint density at radius 3 is 2.11 bits per heavy atom. The molecule has 0 aliphatic heterocycles. The maximum atomic E-state index is 12.8. The summed E-state index contributed by atoms with van der Waals surface area (Å²) in [5.74, 6) is -0.0101. The fourth-order valence-corrected chi connectivity index (χ4v) is 7.65. The van der Waals surface area contributed by atoms with Gasteiger partial charge in [-0.1, -0.05) is 36.4 Å². The van der Waals surface area contributed by atoms with Crippen LogP contribution >= 0.6 is 11.3 Å². The number of ether oxygens (including phenoxy) is 2. The normalized spacial score (nSPS) is 11.6. The van der Waals surface area contributed by atoms with E-state index in [1.807, 2.05) is 0 Å². The molecule has 0 amide bonds. The van der Waals surface area contributed by atoms with Crippen molar-refractivity contribution >= 4 is 42.9 Å². The zero-order valence-electron chi connectivity index (χ0n) is 19.8. The minimum Gasteiger partial charge on any atom is -0.490 e. The number of nitrogens with one attached hydrogen (secondary N) is 1. The van der Waals surface area contributed by atoms with Crippen LogP contribution in [-0.2, 0) is 31.1 Å². The first-order valence-electron chi connectivity index (χ1n) is 11.2. The highest BCUT2D eigenvalue weighted by molar-refractivity contribution is 7.96. The van der Waals surface area contributed by atoms with Gasteiger partial charge in [0.15, 0.2) is 0 Å². The van der Waals surface area contributed by atoms with E-state index < -0.39 is 25.8 Å². The molecule has 0 radical (unpaired) electrons. The molecule has 198 valence electrons. The maximum Gasteiger partial charge on any atom is 0.307 e. The summed E-state index contributed by atoms with van der Waals surface area (Å²) in [6.07, 6.45) is -0.149.